The fourth-order valence-corrected chi connectivity index (χ4v) is 2.71. The number of nitrogens with two attached hydrogens (primary N) is 1. The van der Waals surface area contributed by atoms with Crippen molar-refractivity contribution in [2.24, 2.45) is 11.1 Å². The third-order valence-electron chi connectivity index (χ3n) is 3.94. The van der Waals surface area contributed by atoms with Crippen molar-refractivity contribution in [3.05, 3.63) is 0 Å². The van der Waals surface area contributed by atoms with Crippen LogP contribution in [0.15, 0.2) is 0 Å². The third kappa shape index (κ3) is 6.92. The molecule has 0 aromatic rings. The van der Waals surface area contributed by atoms with Crippen LogP contribution in [0.4, 0.5) is 0 Å². The maximum Gasteiger partial charge on any atom is 0.221 e. The Morgan fingerprint density at radius 1 is 1.32 bits per heavy atom. The SMILES string of the molecule is CN(CCC(=O)NC1CCCCC1)CC(C)(C)CN. The number of amides is 1. The van der Waals surface area contributed by atoms with Gasteiger partial charge in [-0.2, -0.15) is 0 Å². The first-order valence-electron chi connectivity index (χ1n) is 7.61. The lowest BCUT2D eigenvalue weighted by Gasteiger charge is -2.29. The molecular formula is C15H31N3O. The van der Waals surface area contributed by atoms with Crippen LogP contribution in [0.25, 0.3) is 0 Å². The summed E-state index contributed by atoms with van der Waals surface area (Å²) in [5.74, 6) is 0.198. The molecule has 112 valence electrons. The van der Waals surface area contributed by atoms with E-state index in [1.165, 1.54) is 19.3 Å². The predicted octanol–water partition coefficient (Wildman–Crippen LogP) is 1.74. The van der Waals surface area contributed by atoms with E-state index >= 15 is 0 Å². The van der Waals surface area contributed by atoms with Crippen LogP contribution >= 0.6 is 0 Å². The van der Waals surface area contributed by atoms with Gasteiger partial charge in [0.05, 0.1) is 0 Å². The second-order valence-electron chi connectivity index (χ2n) is 6.76. The van der Waals surface area contributed by atoms with Crippen molar-refractivity contribution in [3.63, 3.8) is 0 Å². The average Bonchev–Trinajstić information content (AvgIpc) is 2.37. The third-order valence-corrected chi connectivity index (χ3v) is 3.94. The smallest absolute Gasteiger partial charge is 0.221 e. The Balaban J connectivity index is 2.18. The van der Waals surface area contributed by atoms with Crippen molar-refractivity contribution in [2.75, 3.05) is 26.7 Å². The molecule has 0 saturated heterocycles. The summed E-state index contributed by atoms with van der Waals surface area (Å²) in [7, 11) is 2.06. The molecule has 1 amide bonds. The van der Waals surface area contributed by atoms with Gasteiger partial charge < -0.3 is 16.0 Å². The zero-order valence-corrected chi connectivity index (χ0v) is 12.9. The van der Waals surface area contributed by atoms with E-state index in [9.17, 15) is 4.79 Å². The van der Waals surface area contributed by atoms with Crippen LogP contribution in [-0.4, -0.2) is 43.5 Å². The Bertz CT molecular complexity index is 273. The van der Waals surface area contributed by atoms with Gasteiger partial charge in [0.15, 0.2) is 0 Å². The predicted molar refractivity (Wildman–Crippen MR) is 80.0 cm³/mol. The van der Waals surface area contributed by atoms with Gasteiger partial charge >= 0.3 is 0 Å². The lowest BCUT2D eigenvalue weighted by atomic mass is 9.93. The number of nitrogens with zero attached hydrogens (tertiary/aromatic N) is 1. The number of hydrogen-bond acceptors (Lipinski definition) is 3. The summed E-state index contributed by atoms with van der Waals surface area (Å²) < 4.78 is 0. The van der Waals surface area contributed by atoms with Gasteiger partial charge in [-0.3, -0.25) is 4.79 Å². The molecule has 1 fully saturated rings. The molecule has 0 bridgehead atoms. The van der Waals surface area contributed by atoms with Gasteiger partial charge in [0.2, 0.25) is 5.91 Å². The monoisotopic (exact) mass is 269 g/mol. The topological polar surface area (TPSA) is 58.4 Å². The molecule has 4 nitrogen and oxygen atoms in total. The van der Waals surface area contributed by atoms with Crippen LogP contribution in [0.3, 0.4) is 0 Å². The molecule has 0 atom stereocenters. The summed E-state index contributed by atoms with van der Waals surface area (Å²) >= 11 is 0. The maximum absolute atomic E-state index is 11.9. The van der Waals surface area contributed by atoms with Gasteiger partial charge in [0, 0.05) is 25.6 Å². The Kier molecular flexibility index (Phi) is 6.80. The van der Waals surface area contributed by atoms with Gasteiger partial charge in [0.25, 0.3) is 0 Å². The molecule has 1 rings (SSSR count). The van der Waals surface area contributed by atoms with E-state index in [2.05, 4.69) is 31.1 Å². The highest BCUT2D eigenvalue weighted by molar-refractivity contribution is 5.76. The zero-order chi connectivity index (χ0) is 14.3. The summed E-state index contributed by atoms with van der Waals surface area (Å²) in [6, 6.07) is 0.423. The molecule has 1 aliphatic rings. The van der Waals surface area contributed by atoms with E-state index in [0.29, 0.717) is 19.0 Å². The van der Waals surface area contributed by atoms with E-state index in [4.69, 9.17) is 5.73 Å². The average molecular weight is 269 g/mol. The molecule has 0 unspecified atom stereocenters. The van der Waals surface area contributed by atoms with Crippen LogP contribution in [0.2, 0.25) is 0 Å². The van der Waals surface area contributed by atoms with Crippen LogP contribution in [0.1, 0.15) is 52.4 Å². The lowest BCUT2D eigenvalue weighted by molar-refractivity contribution is -0.122. The van der Waals surface area contributed by atoms with E-state index in [0.717, 1.165) is 25.9 Å². The van der Waals surface area contributed by atoms with E-state index in [1.807, 2.05) is 0 Å². The highest BCUT2D eigenvalue weighted by atomic mass is 16.1. The Labute approximate surface area is 118 Å². The molecule has 0 aromatic heterocycles. The standard InChI is InChI=1S/C15H31N3O/c1-15(2,11-16)12-18(3)10-9-14(19)17-13-7-5-4-6-8-13/h13H,4-12,16H2,1-3H3,(H,17,19). The number of carbonyl (C=O) groups is 1. The first-order chi connectivity index (χ1) is 8.93. The molecule has 0 spiro atoms. The minimum absolute atomic E-state index is 0.120. The van der Waals surface area contributed by atoms with Crippen molar-refractivity contribution in [1.82, 2.24) is 10.2 Å². The van der Waals surface area contributed by atoms with Crippen molar-refractivity contribution in [2.45, 2.75) is 58.4 Å². The number of carbonyl (C=O) groups excluding carboxylic acids is 1. The summed E-state index contributed by atoms with van der Waals surface area (Å²) in [6.07, 6.45) is 6.74. The highest BCUT2D eigenvalue weighted by Crippen LogP contribution is 2.17. The number of rotatable bonds is 7. The largest absolute Gasteiger partial charge is 0.353 e. The van der Waals surface area contributed by atoms with Crippen LogP contribution in [-0.2, 0) is 4.79 Å². The molecule has 0 aromatic carbocycles. The number of hydrogen-bond donors (Lipinski definition) is 2. The molecule has 19 heavy (non-hydrogen) atoms. The molecule has 0 radical (unpaired) electrons. The summed E-state index contributed by atoms with van der Waals surface area (Å²) in [5, 5.41) is 3.16. The first kappa shape index (κ1) is 16.4. The second-order valence-corrected chi connectivity index (χ2v) is 6.76. The molecular weight excluding hydrogens is 238 g/mol. The quantitative estimate of drug-likeness (QED) is 0.740. The molecule has 4 heteroatoms. The normalized spacial score (nSPS) is 17.7. The lowest BCUT2D eigenvalue weighted by Crippen LogP contribution is -2.40. The van der Waals surface area contributed by atoms with Gasteiger partial charge in [-0.05, 0) is 31.8 Å². The maximum atomic E-state index is 11.9. The molecule has 1 saturated carbocycles. The second kappa shape index (κ2) is 7.85. The van der Waals surface area contributed by atoms with Gasteiger partial charge in [-0.15, -0.1) is 0 Å². The van der Waals surface area contributed by atoms with Crippen LogP contribution < -0.4 is 11.1 Å². The fourth-order valence-electron chi connectivity index (χ4n) is 2.71. The zero-order valence-electron chi connectivity index (χ0n) is 12.9. The summed E-state index contributed by atoms with van der Waals surface area (Å²) in [6.45, 7) is 6.73. The molecule has 0 aliphatic heterocycles. The van der Waals surface area contributed by atoms with E-state index in [-0.39, 0.29) is 11.3 Å². The fraction of sp³-hybridized carbons (Fsp3) is 0.933. The Morgan fingerprint density at radius 2 is 1.95 bits per heavy atom. The molecule has 3 N–H and O–H groups in total. The number of nitrogens with one attached hydrogen (secondary N) is 1. The van der Waals surface area contributed by atoms with Crippen molar-refractivity contribution >= 4 is 5.91 Å². The minimum Gasteiger partial charge on any atom is -0.353 e. The van der Waals surface area contributed by atoms with Crippen LogP contribution in [0.5, 0.6) is 0 Å². The van der Waals surface area contributed by atoms with Crippen LogP contribution in [0, 0.1) is 5.41 Å². The first-order valence-corrected chi connectivity index (χ1v) is 7.61. The summed E-state index contributed by atoms with van der Waals surface area (Å²) in [5.41, 5.74) is 5.85. The highest BCUT2D eigenvalue weighted by Gasteiger charge is 2.19. The van der Waals surface area contributed by atoms with Gasteiger partial charge in [-0.1, -0.05) is 33.1 Å². The van der Waals surface area contributed by atoms with E-state index in [1.54, 1.807) is 0 Å². The van der Waals surface area contributed by atoms with Crippen molar-refractivity contribution in [3.8, 4) is 0 Å². The Morgan fingerprint density at radius 3 is 2.53 bits per heavy atom. The van der Waals surface area contributed by atoms with Crippen molar-refractivity contribution < 1.29 is 4.79 Å². The minimum atomic E-state index is 0.120. The molecule has 0 heterocycles. The van der Waals surface area contributed by atoms with Crippen molar-refractivity contribution in [1.29, 1.82) is 0 Å². The van der Waals surface area contributed by atoms with Gasteiger partial charge in [0.1, 0.15) is 0 Å². The molecule has 1 aliphatic carbocycles. The van der Waals surface area contributed by atoms with Gasteiger partial charge in [-0.25, -0.2) is 0 Å². The van der Waals surface area contributed by atoms with E-state index < -0.39 is 0 Å². The summed E-state index contributed by atoms with van der Waals surface area (Å²) in [4.78, 5) is 14.1. The Hall–Kier alpha value is -0.610.